The minimum atomic E-state index is -0.0400. The average Bonchev–Trinajstić information content (AvgIpc) is 2.40. The Kier molecular flexibility index (Phi) is 4.20. The Morgan fingerprint density at radius 3 is 2.89 bits per heavy atom. The van der Waals surface area contributed by atoms with Gasteiger partial charge in [0, 0.05) is 25.5 Å². The molecule has 1 unspecified atom stereocenters. The van der Waals surface area contributed by atoms with Crippen molar-refractivity contribution < 1.29 is 4.79 Å². The summed E-state index contributed by atoms with van der Waals surface area (Å²) in [7, 11) is 3.98. The van der Waals surface area contributed by atoms with Crippen LogP contribution in [-0.2, 0) is 4.79 Å². The van der Waals surface area contributed by atoms with Crippen molar-refractivity contribution in [2.75, 3.05) is 30.9 Å². The molecular formula is C14H21N3O. The number of hydrogen-bond acceptors (Lipinski definition) is 3. The summed E-state index contributed by atoms with van der Waals surface area (Å²) in [5.74, 6) is 0.0746. The van der Waals surface area contributed by atoms with Crippen LogP contribution in [0.3, 0.4) is 0 Å². The highest BCUT2D eigenvalue weighted by atomic mass is 16.2. The van der Waals surface area contributed by atoms with Crippen LogP contribution in [0.4, 0.5) is 11.4 Å². The van der Waals surface area contributed by atoms with E-state index in [1.807, 2.05) is 43.3 Å². The summed E-state index contributed by atoms with van der Waals surface area (Å²) in [6.45, 7) is 0.940. The second kappa shape index (κ2) is 5.87. The van der Waals surface area contributed by atoms with E-state index < -0.39 is 0 Å². The highest BCUT2D eigenvalue weighted by Gasteiger charge is 2.20. The van der Waals surface area contributed by atoms with Crippen LogP contribution in [0.5, 0.6) is 0 Å². The molecule has 1 amide bonds. The molecule has 0 radical (unpaired) electrons. The third-order valence-electron chi connectivity index (χ3n) is 3.26. The van der Waals surface area contributed by atoms with Gasteiger partial charge < -0.3 is 15.5 Å². The van der Waals surface area contributed by atoms with Crippen LogP contribution in [-0.4, -0.2) is 32.6 Å². The summed E-state index contributed by atoms with van der Waals surface area (Å²) >= 11 is 0. The number of nitrogens with zero attached hydrogens (tertiary/aromatic N) is 1. The van der Waals surface area contributed by atoms with E-state index in [2.05, 4.69) is 10.6 Å². The number of amides is 1. The van der Waals surface area contributed by atoms with Crippen molar-refractivity contribution in [2.24, 2.45) is 0 Å². The molecule has 1 saturated heterocycles. The Hall–Kier alpha value is -1.55. The van der Waals surface area contributed by atoms with Crippen molar-refractivity contribution >= 4 is 17.3 Å². The Bertz CT molecular complexity index is 411. The van der Waals surface area contributed by atoms with Crippen molar-refractivity contribution in [2.45, 2.75) is 25.3 Å². The molecule has 0 aliphatic carbocycles. The largest absolute Gasteiger partial charge is 0.378 e. The molecule has 1 aliphatic rings. The van der Waals surface area contributed by atoms with Gasteiger partial charge in [-0.2, -0.15) is 0 Å². The van der Waals surface area contributed by atoms with Crippen LogP contribution in [0.15, 0.2) is 24.3 Å². The smallest absolute Gasteiger partial charge is 0.241 e. The molecule has 0 saturated carbocycles. The number of nitrogens with one attached hydrogen (secondary N) is 2. The number of hydrogen-bond donors (Lipinski definition) is 2. The summed E-state index contributed by atoms with van der Waals surface area (Å²) in [6, 6.07) is 7.85. The topological polar surface area (TPSA) is 44.4 Å². The number of rotatable bonds is 3. The zero-order valence-electron chi connectivity index (χ0n) is 11.1. The molecule has 1 fully saturated rings. The molecule has 2 rings (SSSR count). The van der Waals surface area contributed by atoms with E-state index in [9.17, 15) is 4.79 Å². The number of anilines is 2. The molecular weight excluding hydrogens is 226 g/mol. The maximum absolute atomic E-state index is 12.1. The van der Waals surface area contributed by atoms with E-state index in [4.69, 9.17) is 0 Å². The van der Waals surface area contributed by atoms with Crippen molar-refractivity contribution in [1.82, 2.24) is 5.32 Å². The number of benzene rings is 1. The molecule has 0 bridgehead atoms. The fourth-order valence-corrected chi connectivity index (χ4v) is 2.17. The van der Waals surface area contributed by atoms with Crippen LogP contribution in [0.25, 0.3) is 0 Å². The fraction of sp³-hybridized carbons (Fsp3) is 0.500. The van der Waals surface area contributed by atoms with E-state index in [1.54, 1.807) is 0 Å². The SMILES string of the molecule is CN(C)c1cccc(NC(=O)C2CCCCN2)c1. The van der Waals surface area contributed by atoms with Gasteiger partial charge >= 0.3 is 0 Å². The van der Waals surface area contributed by atoms with Gasteiger partial charge in [0.2, 0.25) is 5.91 Å². The molecule has 1 heterocycles. The first kappa shape index (κ1) is 12.9. The molecule has 1 aromatic rings. The van der Waals surface area contributed by atoms with Crippen LogP contribution in [0.2, 0.25) is 0 Å². The van der Waals surface area contributed by atoms with Gasteiger partial charge in [-0.15, -0.1) is 0 Å². The van der Waals surface area contributed by atoms with Gasteiger partial charge in [-0.05, 0) is 37.6 Å². The summed E-state index contributed by atoms with van der Waals surface area (Å²) in [5.41, 5.74) is 1.95. The average molecular weight is 247 g/mol. The Labute approximate surface area is 108 Å². The summed E-state index contributed by atoms with van der Waals surface area (Å²) in [4.78, 5) is 14.1. The molecule has 0 aromatic heterocycles. The highest BCUT2D eigenvalue weighted by molar-refractivity contribution is 5.95. The first-order valence-corrected chi connectivity index (χ1v) is 6.48. The van der Waals surface area contributed by atoms with Gasteiger partial charge in [0.1, 0.15) is 0 Å². The molecule has 4 heteroatoms. The molecule has 4 nitrogen and oxygen atoms in total. The third-order valence-corrected chi connectivity index (χ3v) is 3.26. The lowest BCUT2D eigenvalue weighted by Gasteiger charge is -2.22. The molecule has 1 aliphatic heterocycles. The van der Waals surface area contributed by atoms with Gasteiger partial charge in [-0.25, -0.2) is 0 Å². The van der Waals surface area contributed by atoms with Gasteiger partial charge in [0.25, 0.3) is 0 Å². The fourth-order valence-electron chi connectivity index (χ4n) is 2.17. The lowest BCUT2D eigenvalue weighted by molar-refractivity contribution is -0.118. The Morgan fingerprint density at radius 1 is 1.39 bits per heavy atom. The zero-order valence-corrected chi connectivity index (χ0v) is 11.1. The number of carbonyl (C=O) groups is 1. The van der Waals surface area contributed by atoms with Crippen molar-refractivity contribution in [3.63, 3.8) is 0 Å². The standard InChI is InChI=1S/C14H21N3O/c1-17(2)12-7-5-6-11(10-12)16-14(18)13-8-3-4-9-15-13/h5-7,10,13,15H,3-4,8-9H2,1-2H3,(H,16,18). The predicted octanol–water partition coefficient (Wildman–Crippen LogP) is 1.83. The number of carbonyl (C=O) groups excluding carboxylic acids is 1. The second-order valence-corrected chi connectivity index (χ2v) is 4.94. The normalized spacial score (nSPS) is 19.3. The molecule has 0 spiro atoms. The highest BCUT2D eigenvalue weighted by Crippen LogP contribution is 2.18. The lowest BCUT2D eigenvalue weighted by Crippen LogP contribution is -2.43. The van der Waals surface area contributed by atoms with E-state index in [1.165, 1.54) is 6.42 Å². The quantitative estimate of drug-likeness (QED) is 0.856. The van der Waals surface area contributed by atoms with Gasteiger partial charge in [0.05, 0.1) is 6.04 Å². The Morgan fingerprint density at radius 2 is 2.22 bits per heavy atom. The molecule has 2 N–H and O–H groups in total. The molecule has 1 atom stereocenters. The Balaban J connectivity index is 1.99. The second-order valence-electron chi connectivity index (χ2n) is 4.94. The first-order chi connectivity index (χ1) is 8.66. The third kappa shape index (κ3) is 3.23. The van der Waals surface area contributed by atoms with Gasteiger partial charge in [-0.1, -0.05) is 12.5 Å². The predicted molar refractivity (Wildman–Crippen MR) is 75.0 cm³/mol. The van der Waals surface area contributed by atoms with E-state index in [-0.39, 0.29) is 11.9 Å². The molecule has 18 heavy (non-hydrogen) atoms. The monoisotopic (exact) mass is 247 g/mol. The van der Waals surface area contributed by atoms with Crippen LogP contribution in [0.1, 0.15) is 19.3 Å². The molecule has 98 valence electrons. The molecule has 1 aromatic carbocycles. The minimum Gasteiger partial charge on any atom is -0.378 e. The van der Waals surface area contributed by atoms with Crippen molar-refractivity contribution in [3.8, 4) is 0 Å². The van der Waals surface area contributed by atoms with E-state index in [0.29, 0.717) is 0 Å². The summed E-state index contributed by atoms with van der Waals surface area (Å²) in [6.07, 6.45) is 3.22. The van der Waals surface area contributed by atoms with Crippen LogP contribution in [0, 0.1) is 0 Å². The van der Waals surface area contributed by atoms with Gasteiger partial charge in [0.15, 0.2) is 0 Å². The van der Waals surface area contributed by atoms with Crippen molar-refractivity contribution in [1.29, 1.82) is 0 Å². The number of piperidine rings is 1. The van der Waals surface area contributed by atoms with Gasteiger partial charge in [-0.3, -0.25) is 4.79 Å². The minimum absolute atomic E-state index is 0.0400. The van der Waals surface area contributed by atoms with Crippen LogP contribution < -0.4 is 15.5 Å². The van der Waals surface area contributed by atoms with E-state index in [0.717, 1.165) is 30.8 Å². The van der Waals surface area contributed by atoms with E-state index >= 15 is 0 Å². The van der Waals surface area contributed by atoms with Crippen molar-refractivity contribution in [3.05, 3.63) is 24.3 Å². The zero-order chi connectivity index (χ0) is 13.0. The summed E-state index contributed by atoms with van der Waals surface area (Å²) in [5, 5.41) is 6.23. The first-order valence-electron chi connectivity index (χ1n) is 6.48. The summed E-state index contributed by atoms with van der Waals surface area (Å²) < 4.78 is 0. The maximum Gasteiger partial charge on any atom is 0.241 e. The maximum atomic E-state index is 12.1. The lowest BCUT2D eigenvalue weighted by atomic mass is 10.0. The van der Waals surface area contributed by atoms with Crippen LogP contribution >= 0.6 is 0 Å².